The molecule has 0 amide bonds. The third-order valence-corrected chi connectivity index (χ3v) is 3.36. The van der Waals surface area contributed by atoms with Crippen LogP contribution in [0.1, 0.15) is 37.2 Å². The lowest BCUT2D eigenvalue weighted by Gasteiger charge is -2.05. The summed E-state index contributed by atoms with van der Waals surface area (Å²) in [4.78, 5) is 20.8. The van der Waals surface area contributed by atoms with Crippen LogP contribution in [0, 0.1) is 0 Å². The Balaban J connectivity index is 1.90. The number of unbranched alkanes of at least 4 members (excludes halogenated alkanes) is 1. The number of aromatic nitrogens is 2. The van der Waals surface area contributed by atoms with Gasteiger partial charge in [-0.2, -0.15) is 0 Å². The maximum absolute atomic E-state index is 11.9. The first-order valence-electron chi connectivity index (χ1n) is 6.90. The molecular weight excluding hydrogens is 254 g/mol. The van der Waals surface area contributed by atoms with Gasteiger partial charge in [0.15, 0.2) is 0 Å². The van der Waals surface area contributed by atoms with E-state index >= 15 is 0 Å². The molecule has 104 valence electrons. The van der Waals surface area contributed by atoms with E-state index in [0.717, 1.165) is 42.2 Å². The van der Waals surface area contributed by atoms with E-state index in [4.69, 9.17) is 4.74 Å². The quantitative estimate of drug-likeness (QED) is 0.634. The summed E-state index contributed by atoms with van der Waals surface area (Å²) in [5, 5.41) is 0. The highest BCUT2D eigenvalue weighted by molar-refractivity contribution is 5.95. The summed E-state index contributed by atoms with van der Waals surface area (Å²) in [6.07, 6.45) is 3.83. The second-order valence-electron chi connectivity index (χ2n) is 5.04. The average molecular weight is 271 g/mol. The molecule has 3 aliphatic rings. The number of pyridine rings is 1. The van der Waals surface area contributed by atoms with Crippen molar-refractivity contribution in [1.29, 1.82) is 0 Å². The van der Waals surface area contributed by atoms with E-state index in [9.17, 15) is 4.79 Å². The van der Waals surface area contributed by atoms with E-state index in [1.807, 2.05) is 19.2 Å². The summed E-state index contributed by atoms with van der Waals surface area (Å²) in [5.41, 5.74) is 3.12. The van der Waals surface area contributed by atoms with Crippen molar-refractivity contribution in [2.75, 3.05) is 6.61 Å². The zero-order valence-corrected chi connectivity index (χ0v) is 11.7. The lowest BCUT2D eigenvalue weighted by atomic mass is 10.2. The Bertz CT molecular complexity index is 657. The van der Waals surface area contributed by atoms with Crippen LogP contribution in [0.5, 0.6) is 0 Å². The Morgan fingerprint density at radius 3 is 3.15 bits per heavy atom. The standard InChI is InChI=1S/C15H17N3O2/c1-3-4-7-20-15(19)13-8-11-12(17-13)5-6-18-9-10(2)16-14(11)18/h5-6,8H,3-4,7,9H2,1-2H3. The zero-order chi connectivity index (χ0) is 14.1. The molecule has 3 heterocycles. The van der Waals surface area contributed by atoms with Crippen LogP contribution in [-0.2, 0) is 11.3 Å². The van der Waals surface area contributed by atoms with Crippen molar-refractivity contribution in [2.45, 2.75) is 33.2 Å². The lowest BCUT2D eigenvalue weighted by molar-refractivity contribution is 0.0494. The van der Waals surface area contributed by atoms with Crippen molar-refractivity contribution in [3.8, 4) is 11.3 Å². The molecule has 0 N–H and O–H groups in total. The van der Waals surface area contributed by atoms with Crippen LogP contribution in [0.4, 0.5) is 5.82 Å². The van der Waals surface area contributed by atoms with Crippen molar-refractivity contribution < 1.29 is 9.53 Å². The number of esters is 1. The molecule has 0 saturated carbocycles. The summed E-state index contributed by atoms with van der Waals surface area (Å²) < 4.78 is 7.26. The Kier molecular flexibility index (Phi) is 3.26. The lowest BCUT2D eigenvalue weighted by Crippen LogP contribution is -2.06. The Morgan fingerprint density at radius 2 is 2.35 bits per heavy atom. The van der Waals surface area contributed by atoms with E-state index in [1.54, 1.807) is 6.07 Å². The number of rotatable bonds is 4. The molecule has 0 unspecified atom stereocenters. The van der Waals surface area contributed by atoms with Gasteiger partial charge in [0, 0.05) is 17.5 Å². The fraction of sp³-hybridized carbons (Fsp3) is 0.400. The third-order valence-electron chi connectivity index (χ3n) is 3.36. The number of carbonyl (C=O) groups is 1. The number of carbonyl (C=O) groups excluding carboxylic acids is 1. The monoisotopic (exact) mass is 271 g/mol. The van der Waals surface area contributed by atoms with Gasteiger partial charge in [-0.25, -0.2) is 14.8 Å². The zero-order valence-electron chi connectivity index (χ0n) is 11.7. The van der Waals surface area contributed by atoms with E-state index in [2.05, 4.69) is 21.5 Å². The van der Waals surface area contributed by atoms with Crippen LogP contribution in [0.3, 0.4) is 0 Å². The minimum atomic E-state index is -0.355. The first-order valence-corrected chi connectivity index (χ1v) is 6.90. The average Bonchev–Trinajstić information content (AvgIpc) is 3.00. The van der Waals surface area contributed by atoms with Crippen LogP contribution >= 0.6 is 0 Å². The van der Waals surface area contributed by atoms with Gasteiger partial charge in [-0.3, -0.25) is 0 Å². The van der Waals surface area contributed by atoms with Gasteiger partial charge in [-0.15, -0.1) is 0 Å². The third kappa shape index (κ3) is 2.19. The van der Waals surface area contributed by atoms with E-state index < -0.39 is 0 Å². The summed E-state index contributed by atoms with van der Waals surface area (Å²) in [7, 11) is 0. The molecule has 0 atom stereocenters. The molecule has 0 radical (unpaired) electrons. The van der Waals surface area contributed by atoms with Crippen molar-refractivity contribution in [1.82, 2.24) is 9.55 Å². The van der Waals surface area contributed by atoms with E-state index in [0.29, 0.717) is 12.3 Å². The number of hydrogen-bond donors (Lipinski definition) is 0. The molecule has 0 fully saturated rings. The predicted molar refractivity (Wildman–Crippen MR) is 76.8 cm³/mol. The van der Waals surface area contributed by atoms with E-state index in [1.165, 1.54) is 0 Å². The van der Waals surface area contributed by atoms with Gasteiger partial charge in [-0.05, 0) is 25.5 Å². The Labute approximate surface area is 117 Å². The minimum absolute atomic E-state index is 0.355. The molecule has 0 aromatic heterocycles. The minimum Gasteiger partial charge on any atom is -0.461 e. The molecule has 3 rings (SSSR count). The highest BCUT2D eigenvalue weighted by atomic mass is 16.5. The molecule has 0 aromatic rings. The second-order valence-corrected chi connectivity index (χ2v) is 5.04. The van der Waals surface area contributed by atoms with Gasteiger partial charge >= 0.3 is 5.97 Å². The summed E-state index contributed by atoms with van der Waals surface area (Å²) in [6, 6.07) is 3.69. The van der Waals surface area contributed by atoms with Crippen LogP contribution in [0.15, 0.2) is 23.3 Å². The van der Waals surface area contributed by atoms with Gasteiger partial charge in [0.2, 0.25) is 0 Å². The summed E-state index contributed by atoms with van der Waals surface area (Å²) in [5.74, 6) is 0.521. The van der Waals surface area contributed by atoms with Crippen molar-refractivity contribution in [3.05, 3.63) is 24.0 Å². The maximum Gasteiger partial charge on any atom is 0.356 e. The first kappa shape index (κ1) is 12.8. The maximum atomic E-state index is 11.9. The largest absolute Gasteiger partial charge is 0.461 e. The Hall–Kier alpha value is -2.17. The van der Waals surface area contributed by atoms with Crippen LogP contribution in [0.2, 0.25) is 0 Å². The van der Waals surface area contributed by atoms with Crippen molar-refractivity contribution in [3.63, 3.8) is 0 Å². The van der Waals surface area contributed by atoms with Crippen LogP contribution < -0.4 is 0 Å². The highest BCUT2D eigenvalue weighted by Crippen LogP contribution is 2.35. The molecule has 0 saturated heterocycles. The molecule has 0 spiro atoms. The molecule has 5 heteroatoms. The number of ether oxygens (including phenoxy) is 1. The highest BCUT2D eigenvalue weighted by Gasteiger charge is 2.22. The molecule has 5 nitrogen and oxygen atoms in total. The summed E-state index contributed by atoms with van der Waals surface area (Å²) >= 11 is 0. The van der Waals surface area contributed by atoms with Crippen LogP contribution in [0.25, 0.3) is 11.3 Å². The number of hydrogen-bond acceptors (Lipinski definition) is 4. The van der Waals surface area contributed by atoms with Gasteiger partial charge in [0.1, 0.15) is 11.5 Å². The molecule has 20 heavy (non-hydrogen) atoms. The normalized spacial score (nSPS) is 13.4. The SMILES string of the molecule is CCCCOC(=O)c1cc2c3n(ccc-2n1)CC(C)=N3. The Morgan fingerprint density at radius 1 is 1.50 bits per heavy atom. The number of nitrogens with zero attached hydrogens (tertiary/aromatic N) is 3. The van der Waals surface area contributed by atoms with Crippen molar-refractivity contribution in [2.24, 2.45) is 4.99 Å². The number of fused-ring (bicyclic) bond motifs is 3. The van der Waals surface area contributed by atoms with Crippen LogP contribution in [-0.4, -0.2) is 27.8 Å². The molecule has 0 aromatic carbocycles. The molecule has 0 aliphatic carbocycles. The molecule has 0 bridgehead atoms. The van der Waals surface area contributed by atoms with Gasteiger partial charge in [0.05, 0.1) is 18.8 Å². The molecule has 3 aliphatic heterocycles. The topological polar surface area (TPSA) is 56.5 Å². The van der Waals surface area contributed by atoms with Gasteiger partial charge < -0.3 is 9.30 Å². The molecular formula is C15H17N3O2. The van der Waals surface area contributed by atoms with Gasteiger partial charge in [0.25, 0.3) is 0 Å². The second kappa shape index (κ2) is 5.07. The van der Waals surface area contributed by atoms with E-state index in [-0.39, 0.29) is 5.97 Å². The fourth-order valence-corrected chi connectivity index (χ4v) is 2.33. The van der Waals surface area contributed by atoms with Gasteiger partial charge in [-0.1, -0.05) is 13.3 Å². The predicted octanol–water partition coefficient (Wildman–Crippen LogP) is 3.05. The first-order chi connectivity index (χ1) is 9.69. The smallest absolute Gasteiger partial charge is 0.356 e. The van der Waals surface area contributed by atoms with Crippen molar-refractivity contribution >= 4 is 17.5 Å². The summed E-state index contributed by atoms with van der Waals surface area (Å²) in [6.45, 7) is 5.30. The number of aliphatic imine (C=N–C) groups is 1. The fourth-order valence-electron chi connectivity index (χ4n) is 2.33.